The lowest BCUT2D eigenvalue weighted by molar-refractivity contribution is -0.118. The van der Waals surface area contributed by atoms with Crippen molar-refractivity contribution >= 4 is 22.8 Å². The monoisotopic (exact) mass is 486 g/mol. The zero-order valence-corrected chi connectivity index (χ0v) is 20.7. The van der Waals surface area contributed by atoms with Gasteiger partial charge in [0.25, 0.3) is 11.5 Å². The van der Waals surface area contributed by atoms with E-state index in [-0.39, 0.29) is 24.4 Å². The van der Waals surface area contributed by atoms with Crippen LogP contribution < -0.4 is 11.3 Å². The second-order valence-electron chi connectivity index (χ2n) is 8.96. The van der Waals surface area contributed by atoms with Crippen LogP contribution in [0.15, 0.2) is 70.0 Å². The van der Waals surface area contributed by atoms with E-state index in [9.17, 15) is 14.4 Å². The summed E-state index contributed by atoms with van der Waals surface area (Å²) in [7, 11) is 0. The molecule has 0 saturated heterocycles. The standard InChI is InChI=1S/C28H30N4O4/c1-4-22(31(15-14-25(29)33)27(34)21-12-10-18(2)11-13-21)23-16-24-26(19(3)30-36-24)28(35)32(23)17-20-8-6-5-7-9-20/h5-13,16,22H,4,14-15,17H2,1-3H3,(H2,29,33). The van der Waals surface area contributed by atoms with Crippen molar-refractivity contribution in [2.75, 3.05) is 6.54 Å². The normalized spacial score (nSPS) is 12.0. The smallest absolute Gasteiger partial charge is 0.264 e. The fourth-order valence-electron chi connectivity index (χ4n) is 4.50. The van der Waals surface area contributed by atoms with Crippen LogP contribution >= 0.6 is 0 Å². The first-order chi connectivity index (χ1) is 17.3. The summed E-state index contributed by atoms with van der Waals surface area (Å²) in [5, 5.41) is 4.41. The Hall–Kier alpha value is -4.20. The van der Waals surface area contributed by atoms with Gasteiger partial charge in [0.15, 0.2) is 5.58 Å². The highest BCUT2D eigenvalue weighted by molar-refractivity contribution is 5.95. The van der Waals surface area contributed by atoms with Gasteiger partial charge in [-0.3, -0.25) is 14.4 Å². The molecule has 2 N–H and O–H groups in total. The van der Waals surface area contributed by atoms with E-state index >= 15 is 0 Å². The molecule has 2 aromatic heterocycles. The third-order valence-corrected chi connectivity index (χ3v) is 6.39. The summed E-state index contributed by atoms with van der Waals surface area (Å²) >= 11 is 0. The largest absolute Gasteiger partial charge is 0.370 e. The number of hydrogen-bond donors (Lipinski definition) is 1. The lowest BCUT2D eigenvalue weighted by Gasteiger charge is -2.33. The maximum absolute atomic E-state index is 13.7. The highest BCUT2D eigenvalue weighted by Gasteiger charge is 2.29. The molecule has 0 bridgehead atoms. The van der Waals surface area contributed by atoms with Gasteiger partial charge < -0.3 is 19.7 Å². The summed E-state index contributed by atoms with van der Waals surface area (Å²) in [6.45, 7) is 6.06. The first-order valence-corrected chi connectivity index (χ1v) is 12.0. The number of amides is 2. The predicted molar refractivity (Wildman–Crippen MR) is 138 cm³/mol. The summed E-state index contributed by atoms with van der Waals surface area (Å²) in [5.41, 5.74) is 9.19. The van der Waals surface area contributed by atoms with Crippen molar-refractivity contribution < 1.29 is 14.1 Å². The number of hydrogen-bond acceptors (Lipinski definition) is 5. The Morgan fingerprint density at radius 1 is 1.08 bits per heavy atom. The number of carbonyl (C=O) groups is 2. The fourth-order valence-corrected chi connectivity index (χ4v) is 4.50. The van der Waals surface area contributed by atoms with Crippen LogP contribution in [-0.2, 0) is 11.3 Å². The van der Waals surface area contributed by atoms with Gasteiger partial charge in [-0.1, -0.05) is 60.1 Å². The van der Waals surface area contributed by atoms with Crippen molar-refractivity contribution in [3.8, 4) is 0 Å². The van der Waals surface area contributed by atoms with Crippen molar-refractivity contribution in [1.29, 1.82) is 0 Å². The molecule has 0 aliphatic heterocycles. The first kappa shape index (κ1) is 24.9. The molecule has 0 aliphatic carbocycles. The van der Waals surface area contributed by atoms with Gasteiger partial charge in [-0.15, -0.1) is 0 Å². The molecule has 1 atom stereocenters. The van der Waals surface area contributed by atoms with Crippen molar-refractivity contribution in [2.24, 2.45) is 5.73 Å². The topological polar surface area (TPSA) is 111 Å². The van der Waals surface area contributed by atoms with Gasteiger partial charge >= 0.3 is 0 Å². The maximum Gasteiger partial charge on any atom is 0.264 e. The van der Waals surface area contributed by atoms with Crippen LogP contribution in [0.1, 0.15) is 58.7 Å². The lowest BCUT2D eigenvalue weighted by atomic mass is 10.0. The average Bonchev–Trinajstić information content (AvgIpc) is 3.24. The van der Waals surface area contributed by atoms with Crippen molar-refractivity contribution in [1.82, 2.24) is 14.6 Å². The maximum atomic E-state index is 13.7. The molecule has 0 saturated carbocycles. The Morgan fingerprint density at radius 2 is 1.78 bits per heavy atom. The van der Waals surface area contributed by atoms with Crippen LogP contribution in [0.5, 0.6) is 0 Å². The summed E-state index contributed by atoms with van der Waals surface area (Å²) < 4.78 is 7.14. The molecule has 2 aromatic carbocycles. The van der Waals surface area contributed by atoms with E-state index in [1.54, 1.807) is 34.6 Å². The predicted octanol–water partition coefficient (Wildman–Crippen LogP) is 4.12. The highest BCUT2D eigenvalue weighted by Crippen LogP contribution is 2.29. The molecule has 0 fully saturated rings. The summed E-state index contributed by atoms with van der Waals surface area (Å²) in [6, 6.07) is 18.2. The van der Waals surface area contributed by atoms with Gasteiger partial charge in [-0.05, 0) is 38.0 Å². The number of carbonyl (C=O) groups excluding carboxylic acids is 2. The minimum absolute atomic E-state index is 0.000673. The number of aromatic nitrogens is 2. The molecule has 0 aliphatic rings. The van der Waals surface area contributed by atoms with Gasteiger partial charge in [-0.25, -0.2) is 0 Å². The molecule has 4 rings (SSSR count). The second-order valence-corrected chi connectivity index (χ2v) is 8.96. The molecule has 0 spiro atoms. The van der Waals surface area contributed by atoms with Gasteiger partial charge in [0, 0.05) is 30.3 Å². The lowest BCUT2D eigenvalue weighted by Crippen LogP contribution is -2.40. The van der Waals surface area contributed by atoms with E-state index in [2.05, 4.69) is 5.16 Å². The van der Waals surface area contributed by atoms with E-state index in [0.29, 0.717) is 40.9 Å². The molecule has 2 heterocycles. The van der Waals surface area contributed by atoms with Crippen LogP contribution in [-0.4, -0.2) is 33.0 Å². The molecule has 8 heteroatoms. The number of aryl methyl sites for hydroxylation is 2. The second kappa shape index (κ2) is 10.6. The van der Waals surface area contributed by atoms with Crippen LogP contribution in [0, 0.1) is 13.8 Å². The van der Waals surface area contributed by atoms with Crippen LogP contribution in [0.3, 0.4) is 0 Å². The summed E-state index contributed by atoms with van der Waals surface area (Å²) in [5.74, 6) is -0.745. The third-order valence-electron chi connectivity index (χ3n) is 6.39. The van der Waals surface area contributed by atoms with Crippen LogP contribution in [0.4, 0.5) is 0 Å². The van der Waals surface area contributed by atoms with Crippen molar-refractivity contribution in [2.45, 2.75) is 46.2 Å². The summed E-state index contributed by atoms with van der Waals surface area (Å²) in [6.07, 6.45) is 0.504. The molecule has 4 aromatic rings. The van der Waals surface area contributed by atoms with Gasteiger partial charge in [-0.2, -0.15) is 0 Å². The SMILES string of the molecule is CCC(c1cc2onc(C)c2c(=O)n1Cc1ccccc1)N(CCC(N)=O)C(=O)c1ccc(C)cc1. The number of nitrogens with zero attached hydrogens (tertiary/aromatic N) is 3. The minimum atomic E-state index is -0.510. The van der Waals surface area contributed by atoms with E-state index in [0.717, 1.165) is 11.1 Å². The van der Waals surface area contributed by atoms with Gasteiger partial charge in [0.05, 0.1) is 18.3 Å². The zero-order valence-electron chi connectivity index (χ0n) is 20.7. The van der Waals surface area contributed by atoms with Gasteiger partial charge in [0.1, 0.15) is 5.39 Å². The van der Waals surface area contributed by atoms with Crippen molar-refractivity contribution in [3.05, 3.63) is 99.1 Å². The Balaban J connectivity index is 1.87. The Morgan fingerprint density at radius 3 is 2.42 bits per heavy atom. The quantitative estimate of drug-likeness (QED) is 0.382. The van der Waals surface area contributed by atoms with Crippen LogP contribution in [0.2, 0.25) is 0 Å². The molecule has 36 heavy (non-hydrogen) atoms. The average molecular weight is 487 g/mol. The van der Waals surface area contributed by atoms with Gasteiger partial charge in [0.2, 0.25) is 5.91 Å². The summed E-state index contributed by atoms with van der Waals surface area (Å²) in [4.78, 5) is 40.7. The van der Waals surface area contributed by atoms with E-state index < -0.39 is 11.9 Å². The first-order valence-electron chi connectivity index (χ1n) is 12.0. The Bertz CT molecular complexity index is 1440. The molecular weight excluding hydrogens is 456 g/mol. The molecule has 2 amide bonds. The molecule has 186 valence electrons. The number of fused-ring (bicyclic) bond motifs is 1. The highest BCUT2D eigenvalue weighted by atomic mass is 16.5. The molecule has 1 unspecified atom stereocenters. The number of primary amides is 1. The third kappa shape index (κ3) is 5.07. The fraction of sp³-hybridized carbons (Fsp3) is 0.286. The van der Waals surface area contributed by atoms with E-state index in [1.807, 2.05) is 56.3 Å². The number of pyridine rings is 1. The number of rotatable bonds is 9. The molecular formula is C28H30N4O4. The zero-order chi connectivity index (χ0) is 25.8. The van der Waals surface area contributed by atoms with Crippen molar-refractivity contribution in [3.63, 3.8) is 0 Å². The Kier molecular flexibility index (Phi) is 7.33. The Labute approximate surface area is 209 Å². The minimum Gasteiger partial charge on any atom is -0.370 e. The van der Waals surface area contributed by atoms with E-state index in [4.69, 9.17) is 10.3 Å². The number of benzene rings is 2. The molecule has 0 radical (unpaired) electrons. The number of nitrogens with two attached hydrogens (primary N) is 1. The van der Waals surface area contributed by atoms with Crippen LogP contribution in [0.25, 0.3) is 11.0 Å². The molecule has 8 nitrogen and oxygen atoms in total. The van der Waals surface area contributed by atoms with E-state index in [1.165, 1.54) is 0 Å².